The number of unbranched alkanes of at least 4 members (excludes halogenated alkanes) is 1. The second-order valence-electron chi connectivity index (χ2n) is 15.7. The number of carbonyl (C=O) groups is 6. The normalized spacial score (nSPS) is 23.0. The number of hydrogen-bond acceptors (Lipinski definition) is 8. The number of nitrogens with one attached hydrogen (secondary N) is 1. The fourth-order valence-corrected chi connectivity index (χ4v) is 7.45. The summed E-state index contributed by atoms with van der Waals surface area (Å²) in [7, 11) is 3.00. The highest BCUT2D eigenvalue weighted by atomic mass is 16.3. The van der Waals surface area contributed by atoms with Crippen molar-refractivity contribution in [1.29, 1.82) is 0 Å². The number of imide groups is 1. The minimum atomic E-state index is -1.43. The topological polar surface area (TPSA) is 168 Å². The van der Waals surface area contributed by atoms with Crippen molar-refractivity contribution in [3.63, 3.8) is 0 Å². The van der Waals surface area contributed by atoms with Gasteiger partial charge in [-0.2, -0.15) is 0 Å². The van der Waals surface area contributed by atoms with Gasteiger partial charge in [0.15, 0.2) is 0 Å². The van der Waals surface area contributed by atoms with Crippen LogP contribution in [0.25, 0.3) is 0 Å². The summed E-state index contributed by atoms with van der Waals surface area (Å²) in [6, 6.07) is -4.83. The quantitative estimate of drug-likeness (QED) is 0.194. The molecule has 3 N–H and O–H groups in total. The Morgan fingerprint density at radius 1 is 0.960 bits per heavy atom. The Labute approximate surface area is 299 Å². The van der Waals surface area contributed by atoms with E-state index in [1.807, 2.05) is 20.8 Å². The zero-order valence-corrected chi connectivity index (χ0v) is 32.3. The highest BCUT2D eigenvalue weighted by Crippen LogP contribution is 2.28. The number of amides is 6. The molecule has 13 heteroatoms. The minimum Gasteiger partial charge on any atom is -0.391 e. The van der Waals surface area contributed by atoms with Crippen LogP contribution in [-0.2, 0) is 28.8 Å². The average Bonchev–Trinajstić information content (AvgIpc) is 3.60. The van der Waals surface area contributed by atoms with Gasteiger partial charge < -0.3 is 30.2 Å². The molecule has 2 heterocycles. The predicted octanol–water partition coefficient (Wildman–Crippen LogP) is 2.56. The summed E-state index contributed by atoms with van der Waals surface area (Å²) in [5.41, 5.74) is 0. The summed E-state index contributed by atoms with van der Waals surface area (Å²) in [6.45, 7) is 16.5. The number of likely N-dealkylation sites (N-methyl/N-ethyl adjacent to an activating group) is 2. The van der Waals surface area contributed by atoms with E-state index < -0.39 is 65.9 Å². The molecule has 286 valence electrons. The van der Waals surface area contributed by atoms with Crippen LogP contribution in [0, 0.1) is 23.7 Å². The van der Waals surface area contributed by atoms with Crippen LogP contribution in [0.15, 0.2) is 0 Å². The first kappa shape index (κ1) is 43.1. The van der Waals surface area contributed by atoms with Crippen molar-refractivity contribution in [2.45, 2.75) is 156 Å². The first-order chi connectivity index (χ1) is 23.2. The molecule has 2 saturated heterocycles. The summed E-state index contributed by atoms with van der Waals surface area (Å²) in [5, 5.41) is 24.0. The molecule has 6 amide bonds. The van der Waals surface area contributed by atoms with Gasteiger partial charge in [0.25, 0.3) is 5.91 Å². The molecule has 0 aliphatic carbocycles. The average molecular weight is 708 g/mol. The van der Waals surface area contributed by atoms with Crippen molar-refractivity contribution in [3.05, 3.63) is 0 Å². The lowest BCUT2D eigenvalue weighted by atomic mass is 9.91. The van der Waals surface area contributed by atoms with Gasteiger partial charge >= 0.3 is 0 Å². The van der Waals surface area contributed by atoms with E-state index in [0.717, 1.165) is 19.3 Å². The summed E-state index contributed by atoms with van der Waals surface area (Å²) in [5.74, 6) is -3.29. The molecule has 2 aliphatic rings. The van der Waals surface area contributed by atoms with Crippen molar-refractivity contribution in [2.75, 3.05) is 20.6 Å². The smallest absolute Gasteiger partial charge is 0.252 e. The van der Waals surface area contributed by atoms with Crippen LogP contribution in [0.1, 0.15) is 114 Å². The number of likely N-dealkylation sites (tertiary alicyclic amines) is 2. The van der Waals surface area contributed by atoms with Crippen LogP contribution in [-0.4, -0.2) is 128 Å². The van der Waals surface area contributed by atoms with Crippen molar-refractivity contribution in [1.82, 2.24) is 24.9 Å². The van der Waals surface area contributed by atoms with E-state index in [9.17, 15) is 39.0 Å². The molecule has 0 saturated carbocycles. The van der Waals surface area contributed by atoms with Crippen molar-refractivity contribution in [3.8, 4) is 0 Å². The largest absolute Gasteiger partial charge is 0.391 e. The molecule has 2 fully saturated rings. The molecular weight excluding hydrogens is 642 g/mol. The Morgan fingerprint density at radius 3 is 2.08 bits per heavy atom. The van der Waals surface area contributed by atoms with Gasteiger partial charge in [-0.1, -0.05) is 67.7 Å². The SMILES string of the molecule is CCCCC(C)CC(C)C(=O)N(C)C(CC(C)C)C(=O)NC(C(=O)N(C)C(C(=O)N1CC(O)CC1C(=O)N1C(=O)CCC1C)C(C)C)C(C)O. The van der Waals surface area contributed by atoms with Crippen LogP contribution in [0.5, 0.6) is 0 Å². The van der Waals surface area contributed by atoms with Crippen molar-refractivity contribution < 1.29 is 39.0 Å². The van der Waals surface area contributed by atoms with E-state index in [0.29, 0.717) is 25.2 Å². The Morgan fingerprint density at radius 2 is 1.58 bits per heavy atom. The van der Waals surface area contributed by atoms with E-state index in [1.54, 1.807) is 27.8 Å². The molecule has 0 spiro atoms. The number of carbonyl (C=O) groups excluding carboxylic acids is 6. The summed E-state index contributed by atoms with van der Waals surface area (Å²) >= 11 is 0. The number of rotatable bonds is 17. The number of aliphatic hydroxyl groups excluding tert-OH is 2. The predicted molar refractivity (Wildman–Crippen MR) is 190 cm³/mol. The molecule has 2 aliphatic heterocycles. The second-order valence-corrected chi connectivity index (χ2v) is 15.7. The van der Waals surface area contributed by atoms with Gasteiger partial charge in [-0.25, -0.2) is 0 Å². The summed E-state index contributed by atoms with van der Waals surface area (Å²) < 4.78 is 0. The molecule has 2 rings (SSSR count). The van der Waals surface area contributed by atoms with Gasteiger partial charge in [-0.3, -0.25) is 33.7 Å². The van der Waals surface area contributed by atoms with Crippen LogP contribution >= 0.6 is 0 Å². The molecule has 50 heavy (non-hydrogen) atoms. The Kier molecular flexibility index (Phi) is 16.4. The van der Waals surface area contributed by atoms with E-state index in [1.165, 1.54) is 33.6 Å². The molecule has 0 aromatic rings. The summed E-state index contributed by atoms with van der Waals surface area (Å²) in [6.07, 6.45) is 2.59. The molecule has 0 bridgehead atoms. The molecule has 0 aromatic heterocycles. The molecular formula is C37H65N5O8. The highest BCUT2D eigenvalue weighted by Gasteiger charge is 2.48. The van der Waals surface area contributed by atoms with E-state index in [-0.39, 0.29) is 49.1 Å². The fourth-order valence-electron chi connectivity index (χ4n) is 7.45. The molecule has 9 unspecified atom stereocenters. The monoisotopic (exact) mass is 707 g/mol. The lowest BCUT2D eigenvalue weighted by Crippen LogP contribution is -2.62. The Bertz CT molecular complexity index is 1210. The Balaban J connectivity index is 2.30. The fraction of sp³-hybridized carbons (Fsp3) is 0.838. The first-order valence-corrected chi connectivity index (χ1v) is 18.6. The highest BCUT2D eigenvalue weighted by molar-refractivity contribution is 6.02. The molecule has 0 aromatic carbocycles. The van der Waals surface area contributed by atoms with E-state index in [4.69, 9.17) is 0 Å². The molecule has 13 nitrogen and oxygen atoms in total. The van der Waals surface area contributed by atoms with Gasteiger partial charge in [0.2, 0.25) is 29.5 Å². The van der Waals surface area contributed by atoms with Crippen LogP contribution in [0.3, 0.4) is 0 Å². The van der Waals surface area contributed by atoms with E-state index in [2.05, 4.69) is 19.2 Å². The minimum absolute atomic E-state index is 0.0321. The maximum Gasteiger partial charge on any atom is 0.252 e. The lowest BCUT2D eigenvalue weighted by Gasteiger charge is -2.38. The second kappa shape index (κ2) is 19.0. The first-order valence-electron chi connectivity index (χ1n) is 18.6. The van der Waals surface area contributed by atoms with Crippen molar-refractivity contribution in [2.24, 2.45) is 23.7 Å². The van der Waals surface area contributed by atoms with E-state index >= 15 is 0 Å². The molecule has 0 radical (unpaired) electrons. The Hall–Kier alpha value is -3.06. The van der Waals surface area contributed by atoms with Crippen molar-refractivity contribution >= 4 is 35.4 Å². The number of aliphatic hydroxyl groups is 2. The number of hydrogen-bond donors (Lipinski definition) is 3. The van der Waals surface area contributed by atoms with Crippen LogP contribution in [0.4, 0.5) is 0 Å². The van der Waals surface area contributed by atoms with Crippen LogP contribution < -0.4 is 5.32 Å². The third-order valence-corrected chi connectivity index (χ3v) is 10.3. The standard InChI is InChI=1S/C37H65N5O8/c1-12-13-14-23(6)18-24(7)34(47)39(10)28(17-21(2)3)33(46)38-31(26(9)43)36(49)40(11)32(22(4)5)37(50)41-20-27(44)19-29(41)35(48)42-25(8)15-16-30(42)45/h21-29,31-32,43-44H,12-20H2,1-11H3,(H,38,46). The molecule has 9 atom stereocenters. The lowest BCUT2D eigenvalue weighted by molar-refractivity contribution is -0.155. The number of β-amino-alcohol motifs (C(OH)–C–C–N with tert-alkyl or cyclic N) is 1. The number of nitrogens with zero attached hydrogens (tertiary/aromatic N) is 4. The van der Waals surface area contributed by atoms with Crippen LogP contribution in [0.2, 0.25) is 0 Å². The maximum atomic E-state index is 14.1. The third kappa shape index (κ3) is 10.7. The summed E-state index contributed by atoms with van der Waals surface area (Å²) in [4.78, 5) is 86.7. The van der Waals surface area contributed by atoms with Gasteiger partial charge in [-0.15, -0.1) is 0 Å². The maximum absolute atomic E-state index is 14.1. The van der Waals surface area contributed by atoms with Gasteiger partial charge in [0, 0.05) is 45.4 Å². The zero-order chi connectivity index (χ0) is 38.2. The van der Waals surface area contributed by atoms with Gasteiger partial charge in [0.05, 0.1) is 12.2 Å². The third-order valence-electron chi connectivity index (χ3n) is 10.3. The van der Waals surface area contributed by atoms with Gasteiger partial charge in [-0.05, 0) is 50.9 Å². The zero-order valence-electron chi connectivity index (χ0n) is 32.3. The van der Waals surface area contributed by atoms with Gasteiger partial charge in [0.1, 0.15) is 24.2 Å².